The molecule has 0 spiro atoms. The van der Waals surface area contributed by atoms with Crippen LogP contribution in [0.4, 0.5) is 0 Å². The monoisotopic (exact) mass is 372 g/mol. The molecule has 1 amide bonds. The van der Waals surface area contributed by atoms with Crippen LogP contribution in [0.5, 0.6) is 0 Å². The SMILES string of the molecule is CSCC[C@@H](N)C(=O)N1CCO[C@@H](c2ccccc2Br)C1. The van der Waals surface area contributed by atoms with Crippen LogP contribution in [-0.2, 0) is 9.53 Å². The molecule has 0 aromatic heterocycles. The molecule has 1 saturated heterocycles. The van der Waals surface area contributed by atoms with E-state index in [1.54, 1.807) is 11.8 Å². The molecule has 116 valence electrons. The molecule has 0 unspecified atom stereocenters. The summed E-state index contributed by atoms with van der Waals surface area (Å²) in [6.07, 6.45) is 2.65. The van der Waals surface area contributed by atoms with Gasteiger partial charge in [-0.1, -0.05) is 34.1 Å². The van der Waals surface area contributed by atoms with Crippen molar-refractivity contribution in [3.8, 4) is 0 Å². The fraction of sp³-hybridized carbons (Fsp3) is 0.533. The molecular formula is C15H21BrN2O2S. The number of halogens is 1. The molecule has 2 atom stereocenters. The van der Waals surface area contributed by atoms with Gasteiger partial charge in [0.25, 0.3) is 0 Å². The highest BCUT2D eigenvalue weighted by Crippen LogP contribution is 2.28. The molecule has 1 aromatic carbocycles. The maximum Gasteiger partial charge on any atom is 0.239 e. The predicted molar refractivity (Wildman–Crippen MR) is 90.4 cm³/mol. The average Bonchev–Trinajstić information content (AvgIpc) is 2.52. The first kappa shape index (κ1) is 16.8. The lowest BCUT2D eigenvalue weighted by Crippen LogP contribution is -2.49. The first-order chi connectivity index (χ1) is 10.1. The molecule has 1 aromatic rings. The van der Waals surface area contributed by atoms with Gasteiger partial charge >= 0.3 is 0 Å². The van der Waals surface area contributed by atoms with Gasteiger partial charge in [-0.05, 0) is 30.1 Å². The molecule has 6 heteroatoms. The minimum absolute atomic E-state index is 0.0319. The van der Waals surface area contributed by atoms with Crippen molar-refractivity contribution in [1.82, 2.24) is 4.90 Å². The normalized spacial score (nSPS) is 20.3. The number of hydrogen-bond acceptors (Lipinski definition) is 4. The van der Waals surface area contributed by atoms with Crippen LogP contribution in [0.2, 0.25) is 0 Å². The van der Waals surface area contributed by atoms with Crippen molar-refractivity contribution in [1.29, 1.82) is 0 Å². The Kier molecular flexibility index (Phi) is 6.54. The Balaban J connectivity index is 2.00. The van der Waals surface area contributed by atoms with Gasteiger partial charge in [-0.2, -0.15) is 11.8 Å². The van der Waals surface area contributed by atoms with Gasteiger partial charge in [0, 0.05) is 11.0 Å². The Morgan fingerprint density at radius 1 is 1.57 bits per heavy atom. The highest BCUT2D eigenvalue weighted by Gasteiger charge is 2.28. The summed E-state index contributed by atoms with van der Waals surface area (Å²) in [5, 5.41) is 0. The third kappa shape index (κ3) is 4.45. The smallest absolute Gasteiger partial charge is 0.239 e. The summed E-state index contributed by atoms with van der Waals surface area (Å²) >= 11 is 5.25. The second-order valence-electron chi connectivity index (χ2n) is 5.05. The van der Waals surface area contributed by atoms with Gasteiger partial charge < -0.3 is 15.4 Å². The minimum atomic E-state index is -0.407. The summed E-state index contributed by atoms with van der Waals surface area (Å²) in [4.78, 5) is 14.2. The number of ether oxygens (including phenoxy) is 1. The lowest BCUT2D eigenvalue weighted by molar-refractivity contribution is -0.140. The Bertz CT molecular complexity index is 486. The largest absolute Gasteiger partial charge is 0.370 e. The van der Waals surface area contributed by atoms with Crippen molar-refractivity contribution < 1.29 is 9.53 Å². The van der Waals surface area contributed by atoms with Crippen LogP contribution in [0, 0.1) is 0 Å². The summed E-state index contributed by atoms with van der Waals surface area (Å²) in [5.41, 5.74) is 7.07. The lowest BCUT2D eigenvalue weighted by Gasteiger charge is -2.35. The van der Waals surface area contributed by atoms with E-state index < -0.39 is 6.04 Å². The molecule has 1 fully saturated rings. The van der Waals surface area contributed by atoms with Crippen molar-refractivity contribution in [3.63, 3.8) is 0 Å². The minimum Gasteiger partial charge on any atom is -0.370 e. The Morgan fingerprint density at radius 3 is 3.05 bits per heavy atom. The fourth-order valence-corrected chi connectivity index (χ4v) is 3.41. The molecule has 0 bridgehead atoms. The lowest BCUT2D eigenvalue weighted by atomic mass is 10.1. The molecule has 0 saturated carbocycles. The van der Waals surface area contributed by atoms with Gasteiger partial charge in [0.05, 0.1) is 19.2 Å². The fourth-order valence-electron chi connectivity index (χ4n) is 2.38. The third-order valence-corrected chi connectivity index (χ3v) is 4.95. The second-order valence-corrected chi connectivity index (χ2v) is 6.89. The van der Waals surface area contributed by atoms with Crippen LogP contribution in [0.25, 0.3) is 0 Å². The summed E-state index contributed by atoms with van der Waals surface area (Å²) in [5.74, 6) is 0.940. The number of morpholine rings is 1. The number of nitrogens with two attached hydrogens (primary N) is 1. The van der Waals surface area contributed by atoms with Crippen molar-refractivity contribution >= 4 is 33.6 Å². The van der Waals surface area contributed by atoms with Crippen molar-refractivity contribution in [2.45, 2.75) is 18.6 Å². The summed E-state index contributed by atoms with van der Waals surface area (Å²) in [6.45, 7) is 1.73. The molecular weight excluding hydrogens is 352 g/mol. The number of carbonyl (C=O) groups excluding carboxylic acids is 1. The molecule has 2 rings (SSSR count). The molecule has 1 aliphatic rings. The summed E-state index contributed by atoms with van der Waals surface area (Å²) in [6, 6.07) is 7.56. The zero-order valence-electron chi connectivity index (χ0n) is 12.1. The van der Waals surface area contributed by atoms with E-state index >= 15 is 0 Å². The number of benzene rings is 1. The third-order valence-electron chi connectivity index (χ3n) is 3.58. The van der Waals surface area contributed by atoms with Crippen molar-refractivity contribution in [2.24, 2.45) is 5.73 Å². The zero-order chi connectivity index (χ0) is 15.2. The highest BCUT2D eigenvalue weighted by atomic mass is 79.9. The van der Waals surface area contributed by atoms with Crippen LogP contribution in [0.15, 0.2) is 28.7 Å². The number of thioether (sulfide) groups is 1. The Labute approximate surface area is 138 Å². The average molecular weight is 373 g/mol. The number of rotatable bonds is 5. The van der Waals surface area contributed by atoms with E-state index in [2.05, 4.69) is 15.9 Å². The van der Waals surface area contributed by atoms with E-state index in [0.717, 1.165) is 22.2 Å². The van der Waals surface area contributed by atoms with Gasteiger partial charge in [0.1, 0.15) is 6.10 Å². The highest BCUT2D eigenvalue weighted by molar-refractivity contribution is 9.10. The zero-order valence-corrected chi connectivity index (χ0v) is 14.5. The standard InChI is InChI=1S/C15H21BrN2O2S/c1-21-9-6-13(17)15(19)18-7-8-20-14(10-18)11-4-2-3-5-12(11)16/h2-5,13-14H,6-10,17H2,1H3/t13-,14-/m1/s1. The maximum atomic E-state index is 12.4. The summed E-state index contributed by atoms with van der Waals surface area (Å²) in [7, 11) is 0. The van der Waals surface area contributed by atoms with E-state index in [1.165, 1.54) is 0 Å². The molecule has 2 N–H and O–H groups in total. The second kappa shape index (κ2) is 8.17. The predicted octanol–water partition coefficient (Wildman–Crippen LogP) is 2.43. The van der Waals surface area contributed by atoms with Crippen LogP contribution >= 0.6 is 27.7 Å². The quantitative estimate of drug-likeness (QED) is 0.862. The molecule has 1 heterocycles. The van der Waals surface area contributed by atoms with Gasteiger partial charge in [0.15, 0.2) is 0 Å². The summed E-state index contributed by atoms with van der Waals surface area (Å²) < 4.78 is 6.83. The van der Waals surface area contributed by atoms with E-state index in [1.807, 2.05) is 35.4 Å². The van der Waals surface area contributed by atoms with Crippen molar-refractivity contribution in [3.05, 3.63) is 34.3 Å². The number of amides is 1. The van der Waals surface area contributed by atoms with Crippen LogP contribution in [0.1, 0.15) is 18.1 Å². The van der Waals surface area contributed by atoms with E-state index in [4.69, 9.17) is 10.5 Å². The first-order valence-electron chi connectivity index (χ1n) is 7.02. The Morgan fingerprint density at radius 2 is 2.33 bits per heavy atom. The first-order valence-corrected chi connectivity index (χ1v) is 9.21. The van der Waals surface area contributed by atoms with Crippen molar-refractivity contribution in [2.75, 3.05) is 31.7 Å². The molecule has 4 nitrogen and oxygen atoms in total. The number of hydrogen-bond donors (Lipinski definition) is 1. The van der Waals surface area contributed by atoms with Gasteiger partial charge in [-0.3, -0.25) is 4.79 Å². The molecule has 0 radical (unpaired) electrons. The van der Waals surface area contributed by atoms with Gasteiger partial charge in [-0.15, -0.1) is 0 Å². The van der Waals surface area contributed by atoms with Crippen LogP contribution in [0.3, 0.4) is 0 Å². The molecule has 0 aliphatic carbocycles. The number of carbonyl (C=O) groups is 1. The van der Waals surface area contributed by atoms with Gasteiger partial charge in [0.2, 0.25) is 5.91 Å². The molecule has 1 aliphatic heterocycles. The molecule has 21 heavy (non-hydrogen) atoms. The van der Waals surface area contributed by atoms with E-state index in [0.29, 0.717) is 19.7 Å². The van der Waals surface area contributed by atoms with Crippen LogP contribution < -0.4 is 5.73 Å². The van der Waals surface area contributed by atoms with Gasteiger partial charge in [-0.25, -0.2) is 0 Å². The van der Waals surface area contributed by atoms with E-state index in [-0.39, 0.29) is 12.0 Å². The number of nitrogens with zero attached hydrogens (tertiary/aromatic N) is 1. The van der Waals surface area contributed by atoms with Crippen LogP contribution in [-0.4, -0.2) is 48.6 Å². The maximum absolute atomic E-state index is 12.4. The van der Waals surface area contributed by atoms with E-state index in [9.17, 15) is 4.79 Å². The Hall–Kier alpha value is -0.560. The topological polar surface area (TPSA) is 55.6 Å².